The number of aryl methyl sites for hydroxylation is 1. The fraction of sp³-hybridized carbons (Fsp3) is 0.400. The second kappa shape index (κ2) is 2.74. The van der Waals surface area contributed by atoms with Crippen molar-refractivity contribution >= 4 is 16.0 Å². The lowest BCUT2D eigenvalue weighted by Gasteiger charge is -1.78. The minimum atomic E-state index is -0.767. The Hall–Kier alpha value is -0.970. The van der Waals surface area contributed by atoms with Crippen LogP contribution >= 0.6 is 10.7 Å². The van der Waals surface area contributed by atoms with Crippen molar-refractivity contribution in [2.75, 3.05) is 7.11 Å². The first-order valence-electron chi connectivity index (χ1n) is 2.65. The molecule has 1 unspecified atom stereocenters. The van der Waals surface area contributed by atoms with Gasteiger partial charge in [-0.05, 0) is 6.92 Å². The lowest BCUT2D eigenvalue weighted by atomic mass is 10.6. The van der Waals surface area contributed by atoms with E-state index in [-0.39, 0.29) is 5.30 Å². The van der Waals surface area contributed by atoms with Crippen molar-refractivity contribution in [3.63, 3.8) is 0 Å². The van der Waals surface area contributed by atoms with Crippen LogP contribution in [0, 0.1) is 6.92 Å². The molecule has 1 heterocycles. The number of aromatic nitrogens is 2. The van der Waals surface area contributed by atoms with Gasteiger partial charge in [-0.3, -0.25) is 0 Å². The molecular formula is C5H7N2O2S+. The molecule has 0 saturated heterocycles. The van der Waals surface area contributed by atoms with Gasteiger partial charge in [0, 0.05) is 0 Å². The Bertz CT molecular complexity index is 246. The van der Waals surface area contributed by atoms with Gasteiger partial charge in [0.25, 0.3) is 0 Å². The van der Waals surface area contributed by atoms with Gasteiger partial charge in [0.15, 0.2) is 0 Å². The van der Waals surface area contributed by atoms with E-state index in [1.165, 1.54) is 7.11 Å². The van der Waals surface area contributed by atoms with Gasteiger partial charge in [-0.15, -0.1) is 5.10 Å². The van der Waals surface area contributed by atoms with Crippen LogP contribution in [0.3, 0.4) is 0 Å². The largest absolute Gasteiger partial charge is 0.580 e. The van der Waals surface area contributed by atoms with E-state index in [0.29, 0.717) is 0 Å². The molecule has 0 fully saturated rings. The third-order valence-electron chi connectivity index (χ3n) is 0.906. The predicted molar refractivity (Wildman–Crippen MR) is 37.1 cm³/mol. The van der Waals surface area contributed by atoms with Crippen LogP contribution in [0.25, 0.3) is 0 Å². The summed E-state index contributed by atoms with van der Waals surface area (Å²) in [6.45, 7) is 1.79. The van der Waals surface area contributed by atoms with Gasteiger partial charge in [-0.1, -0.05) is 0 Å². The normalized spacial score (nSPS) is 11.2. The maximum absolute atomic E-state index is 10.8. The molecule has 4 nitrogen and oxygen atoms in total. The van der Waals surface area contributed by atoms with Gasteiger partial charge >= 0.3 is 5.30 Å². The lowest BCUT2D eigenvalue weighted by molar-refractivity contribution is 0.199. The highest BCUT2D eigenvalue weighted by molar-refractivity contribution is 7.45. The second-order valence-electron chi connectivity index (χ2n) is 1.71. The number of ether oxygens (including phenoxy) is 1. The molecule has 0 aromatic carbocycles. The predicted octanol–water partition coefficient (Wildman–Crippen LogP) is 1.15. The fourth-order valence-electron chi connectivity index (χ4n) is 0.484. The molecule has 0 N–H and O–H groups in total. The summed E-state index contributed by atoms with van der Waals surface area (Å²) in [5.74, 6) is 0. The first kappa shape index (κ1) is 7.14. The molecule has 10 heavy (non-hydrogen) atoms. The van der Waals surface area contributed by atoms with Crippen molar-refractivity contribution in [3.05, 3.63) is 11.1 Å². The summed E-state index contributed by atoms with van der Waals surface area (Å²) in [6.07, 6.45) is 0. The molecule has 0 spiro atoms. The third-order valence-corrected chi connectivity index (χ3v) is 2.24. The molecule has 0 aliphatic carbocycles. The topological polar surface area (TPSA) is 52.1 Å². The number of hydrogen-bond acceptors (Lipinski definition) is 4. The minimum Gasteiger partial charge on any atom is -0.423 e. The summed E-state index contributed by atoms with van der Waals surface area (Å²) in [4.78, 5) is 10.8. The fourth-order valence-corrected chi connectivity index (χ4v) is 1.45. The average Bonchev–Trinajstić information content (AvgIpc) is 2.34. The summed E-state index contributed by atoms with van der Waals surface area (Å²) in [5.41, 5.74) is 0.772. The van der Waals surface area contributed by atoms with Gasteiger partial charge in [0.05, 0.1) is 11.6 Å². The van der Waals surface area contributed by atoms with Crippen molar-refractivity contribution in [1.29, 1.82) is 0 Å². The molecule has 54 valence electrons. The zero-order valence-corrected chi connectivity index (χ0v) is 6.51. The molecule has 1 aromatic heterocycles. The highest BCUT2D eigenvalue weighted by Gasteiger charge is 2.21. The van der Waals surface area contributed by atoms with E-state index in [0.717, 1.165) is 5.69 Å². The molecule has 0 aliphatic rings. The van der Waals surface area contributed by atoms with Crippen molar-refractivity contribution < 1.29 is 9.53 Å². The van der Waals surface area contributed by atoms with Gasteiger partial charge in [0.1, 0.15) is 5.69 Å². The molecular weight excluding hydrogens is 152 g/mol. The first-order valence-corrected chi connectivity index (χ1v) is 3.90. The van der Waals surface area contributed by atoms with E-state index < -0.39 is 10.7 Å². The summed E-state index contributed by atoms with van der Waals surface area (Å²) in [7, 11) is 0.573. The Morgan fingerprint density at radius 2 is 2.50 bits per heavy atom. The summed E-state index contributed by atoms with van der Waals surface area (Å²) >= 11 is 0. The molecule has 1 rings (SSSR count). The van der Waals surface area contributed by atoms with E-state index in [4.69, 9.17) is 0 Å². The standard InChI is InChI=1S/C5H7N2O2S/c1-4-3-10(7-6-4)5(8)9-2/h3H,1-2H3/q+1. The lowest BCUT2D eigenvalue weighted by Crippen LogP contribution is -1.90. The SMILES string of the molecule is COC(=O)[s+]1cc(C)nn1. The Morgan fingerprint density at radius 1 is 1.80 bits per heavy atom. The number of hydrogen-bond donors (Lipinski definition) is 0. The van der Waals surface area contributed by atoms with Crippen LogP contribution in [-0.2, 0) is 4.74 Å². The van der Waals surface area contributed by atoms with E-state index in [9.17, 15) is 4.79 Å². The second-order valence-corrected chi connectivity index (χ2v) is 3.07. The quantitative estimate of drug-likeness (QED) is 0.455. The smallest absolute Gasteiger partial charge is 0.423 e. The van der Waals surface area contributed by atoms with Crippen molar-refractivity contribution in [2.24, 2.45) is 0 Å². The molecule has 0 radical (unpaired) electrons. The van der Waals surface area contributed by atoms with Crippen LogP contribution in [0.1, 0.15) is 5.69 Å². The Kier molecular flexibility index (Phi) is 1.96. The molecule has 1 atom stereocenters. The van der Waals surface area contributed by atoms with Crippen LogP contribution in [0.15, 0.2) is 5.38 Å². The number of nitrogens with zero attached hydrogens (tertiary/aromatic N) is 2. The minimum absolute atomic E-state index is 0.333. The highest BCUT2D eigenvalue weighted by Crippen LogP contribution is 2.14. The average molecular weight is 159 g/mol. The van der Waals surface area contributed by atoms with E-state index >= 15 is 0 Å². The molecule has 0 amide bonds. The maximum Gasteiger partial charge on any atom is 0.580 e. The van der Waals surface area contributed by atoms with Crippen LogP contribution in [-0.4, -0.2) is 22.0 Å². The molecule has 0 saturated carbocycles. The van der Waals surface area contributed by atoms with Crippen LogP contribution in [0.4, 0.5) is 4.79 Å². The zero-order chi connectivity index (χ0) is 7.56. The van der Waals surface area contributed by atoms with E-state index in [1.807, 2.05) is 0 Å². The molecule has 1 aromatic rings. The number of carbonyl (C=O) groups is 1. The van der Waals surface area contributed by atoms with Crippen LogP contribution in [0.5, 0.6) is 0 Å². The highest BCUT2D eigenvalue weighted by atomic mass is 32.2. The number of rotatable bonds is 1. The van der Waals surface area contributed by atoms with Gasteiger partial charge < -0.3 is 4.74 Å². The Morgan fingerprint density at radius 3 is 2.90 bits per heavy atom. The van der Waals surface area contributed by atoms with Crippen LogP contribution in [0.2, 0.25) is 0 Å². The summed E-state index contributed by atoms with van der Waals surface area (Å²) in [5, 5.41) is 5.04. The maximum atomic E-state index is 10.8. The van der Waals surface area contributed by atoms with Crippen molar-refractivity contribution in [1.82, 2.24) is 9.59 Å². The number of carbonyl (C=O) groups excluding carboxylic acids is 1. The van der Waals surface area contributed by atoms with Gasteiger partial charge in [0.2, 0.25) is 16.0 Å². The monoisotopic (exact) mass is 159 g/mol. The van der Waals surface area contributed by atoms with Crippen LogP contribution < -0.4 is 0 Å². The van der Waals surface area contributed by atoms with E-state index in [1.54, 1.807) is 12.3 Å². The Balaban J connectivity index is 2.85. The summed E-state index contributed by atoms with van der Waals surface area (Å²) in [6, 6.07) is 0. The van der Waals surface area contributed by atoms with Crippen molar-refractivity contribution in [2.45, 2.75) is 6.92 Å². The number of methoxy groups -OCH3 is 1. The molecule has 5 heteroatoms. The zero-order valence-electron chi connectivity index (χ0n) is 5.70. The van der Waals surface area contributed by atoms with Crippen molar-refractivity contribution in [3.8, 4) is 0 Å². The Labute approximate surface area is 61.0 Å². The van der Waals surface area contributed by atoms with Gasteiger partial charge in [-0.2, -0.15) is 4.79 Å². The summed E-state index contributed by atoms with van der Waals surface area (Å²) < 4.78 is 8.13. The molecule has 0 aliphatic heterocycles. The molecule has 0 bridgehead atoms. The first-order chi connectivity index (χ1) is 4.74. The van der Waals surface area contributed by atoms with Gasteiger partial charge in [-0.25, -0.2) is 0 Å². The third kappa shape index (κ3) is 1.30. The van der Waals surface area contributed by atoms with E-state index in [2.05, 4.69) is 14.3 Å².